The molecule has 0 aromatic heterocycles. The van der Waals surface area contributed by atoms with E-state index in [-0.39, 0.29) is 0 Å². The summed E-state index contributed by atoms with van der Waals surface area (Å²) in [6, 6.07) is 8.43. The normalized spacial score (nSPS) is 20.7. The maximum atomic E-state index is 5.43. The zero-order valence-electron chi connectivity index (χ0n) is 9.57. The molecule has 1 heterocycles. The Labute approximate surface area is 91.9 Å². The standard InChI is InChI=1S/C13H19NO/c1-3-15-13-6-4-12(5-7-13)14-9-8-11(2)10-14/h4-7,11H,3,8-10H2,1-2H3. The van der Waals surface area contributed by atoms with Crippen LogP contribution in [0.15, 0.2) is 24.3 Å². The van der Waals surface area contributed by atoms with E-state index in [0.29, 0.717) is 0 Å². The third kappa shape index (κ3) is 2.44. The molecule has 2 rings (SSSR count). The minimum atomic E-state index is 0.736. The monoisotopic (exact) mass is 205 g/mol. The first-order chi connectivity index (χ1) is 7.29. The van der Waals surface area contributed by atoms with Crippen LogP contribution in [0.1, 0.15) is 20.3 Å². The molecule has 1 aromatic rings. The molecule has 0 amide bonds. The van der Waals surface area contributed by atoms with Crippen molar-refractivity contribution in [1.29, 1.82) is 0 Å². The van der Waals surface area contributed by atoms with Gasteiger partial charge in [0.05, 0.1) is 6.61 Å². The van der Waals surface area contributed by atoms with Gasteiger partial charge in [-0.15, -0.1) is 0 Å². The molecule has 15 heavy (non-hydrogen) atoms. The molecule has 82 valence electrons. The summed E-state index contributed by atoms with van der Waals surface area (Å²) in [5, 5.41) is 0. The summed E-state index contributed by atoms with van der Waals surface area (Å²) in [7, 11) is 0. The molecule has 0 radical (unpaired) electrons. The van der Waals surface area contributed by atoms with Crippen molar-refractivity contribution in [1.82, 2.24) is 0 Å². The second-order valence-electron chi connectivity index (χ2n) is 4.27. The van der Waals surface area contributed by atoms with Crippen molar-refractivity contribution in [2.24, 2.45) is 5.92 Å². The molecule has 2 heteroatoms. The van der Waals surface area contributed by atoms with Gasteiger partial charge in [0.1, 0.15) is 5.75 Å². The van der Waals surface area contributed by atoms with Crippen molar-refractivity contribution in [3.8, 4) is 5.75 Å². The van der Waals surface area contributed by atoms with Crippen molar-refractivity contribution < 1.29 is 4.74 Å². The highest BCUT2D eigenvalue weighted by Crippen LogP contribution is 2.25. The number of hydrogen-bond acceptors (Lipinski definition) is 2. The molecule has 0 saturated carbocycles. The molecule has 1 atom stereocenters. The Kier molecular flexibility index (Phi) is 3.14. The molecule has 1 aliphatic heterocycles. The Balaban J connectivity index is 2.03. The van der Waals surface area contributed by atoms with Gasteiger partial charge in [0.15, 0.2) is 0 Å². The summed E-state index contributed by atoms with van der Waals surface area (Å²) in [4.78, 5) is 2.44. The molecule has 0 spiro atoms. The Morgan fingerprint density at radius 1 is 1.33 bits per heavy atom. The van der Waals surface area contributed by atoms with E-state index >= 15 is 0 Å². The van der Waals surface area contributed by atoms with Gasteiger partial charge in [0.25, 0.3) is 0 Å². The first kappa shape index (κ1) is 10.3. The van der Waals surface area contributed by atoms with E-state index in [9.17, 15) is 0 Å². The van der Waals surface area contributed by atoms with Gasteiger partial charge in [-0.2, -0.15) is 0 Å². The van der Waals surface area contributed by atoms with Crippen molar-refractivity contribution in [3.05, 3.63) is 24.3 Å². The predicted octanol–water partition coefficient (Wildman–Crippen LogP) is 2.93. The van der Waals surface area contributed by atoms with Crippen molar-refractivity contribution in [2.45, 2.75) is 20.3 Å². The molecule has 1 unspecified atom stereocenters. The molecular weight excluding hydrogens is 186 g/mol. The van der Waals surface area contributed by atoms with Gasteiger partial charge in [-0.3, -0.25) is 0 Å². The van der Waals surface area contributed by atoms with E-state index in [4.69, 9.17) is 4.74 Å². The van der Waals surface area contributed by atoms with Crippen LogP contribution >= 0.6 is 0 Å². The van der Waals surface area contributed by atoms with Crippen molar-refractivity contribution >= 4 is 5.69 Å². The second kappa shape index (κ2) is 4.56. The zero-order chi connectivity index (χ0) is 10.7. The van der Waals surface area contributed by atoms with Crippen LogP contribution < -0.4 is 9.64 Å². The number of ether oxygens (including phenoxy) is 1. The van der Waals surface area contributed by atoms with Crippen LogP contribution in [0, 0.1) is 5.92 Å². The highest BCUT2D eigenvalue weighted by atomic mass is 16.5. The molecule has 0 aliphatic carbocycles. The van der Waals surface area contributed by atoms with Crippen molar-refractivity contribution in [3.63, 3.8) is 0 Å². The molecule has 1 aliphatic rings. The first-order valence-corrected chi connectivity index (χ1v) is 5.77. The maximum absolute atomic E-state index is 5.43. The Bertz CT molecular complexity index is 307. The Morgan fingerprint density at radius 3 is 2.60 bits per heavy atom. The summed E-state index contributed by atoms with van der Waals surface area (Å²) >= 11 is 0. The largest absolute Gasteiger partial charge is 0.494 e. The second-order valence-corrected chi connectivity index (χ2v) is 4.27. The van der Waals surface area contributed by atoms with Crippen LogP contribution in [0.4, 0.5) is 5.69 Å². The lowest BCUT2D eigenvalue weighted by Gasteiger charge is -2.18. The average Bonchev–Trinajstić information content (AvgIpc) is 2.67. The number of rotatable bonds is 3. The Hall–Kier alpha value is -1.18. The highest BCUT2D eigenvalue weighted by Gasteiger charge is 2.18. The first-order valence-electron chi connectivity index (χ1n) is 5.77. The summed E-state index contributed by atoms with van der Waals surface area (Å²) in [6.45, 7) is 7.44. The molecule has 1 aromatic carbocycles. The smallest absolute Gasteiger partial charge is 0.119 e. The maximum Gasteiger partial charge on any atom is 0.119 e. The van der Waals surface area contributed by atoms with Gasteiger partial charge in [-0.1, -0.05) is 6.92 Å². The van der Waals surface area contributed by atoms with Crippen LogP contribution in [-0.2, 0) is 0 Å². The van der Waals surface area contributed by atoms with E-state index in [0.717, 1.165) is 18.3 Å². The number of benzene rings is 1. The summed E-state index contributed by atoms with van der Waals surface area (Å²) in [6.07, 6.45) is 1.31. The number of hydrogen-bond donors (Lipinski definition) is 0. The zero-order valence-corrected chi connectivity index (χ0v) is 9.57. The van der Waals surface area contributed by atoms with Crippen LogP contribution in [0.25, 0.3) is 0 Å². The van der Waals surface area contributed by atoms with E-state index in [1.807, 2.05) is 6.92 Å². The van der Waals surface area contributed by atoms with Gasteiger partial charge in [0, 0.05) is 18.8 Å². The van der Waals surface area contributed by atoms with Gasteiger partial charge in [-0.05, 0) is 43.5 Å². The molecular formula is C13H19NO. The quantitative estimate of drug-likeness (QED) is 0.752. The molecule has 2 nitrogen and oxygen atoms in total. The topological polar surface area (TPSA) is 12.5 Å². The van der Waals surface area contributed by atoms with Gasteiger partial charge in [0.2, 0.25) is 0 Å². The fourth-order valence-corrected chi connectivity index (χ4v) is 2.09. The van der Waals surface area contributed by atoms with Crippen molar-refractivity contribution in [2.75, 3.05) is 24.6 Å². The average molecular weight is 205 g/mol. The van der Waals surface area contributed by atoms with Gasteiger partial charge >= 0.3 is 0 Å². The molecule has 1 fully saturated rings. The van der Waals surface area contributed by atoms with Crippen LogP contribution in [0.2, 0.25) is 0 Å². The lowest BCUT2D eigenvalue weighted by atomic mass is 10.2. The van der Waals surface area contributed by atoms with E-state index < -0.39 is 0 Å². The van der Waals surface area contributed by atoms with E-state index in [2.05, 4.69) is 36.1 Å². The third-order valence-corrected chi connectivity index (χ3v) is 2.94. The predicted molar refractivity (Wildman–Crippen MR) is 63.6 cm³/mol. The van der Waals surface area contributed by atoms with Gasteiger partial charge in [-0.25, -0.2) is 0 Å². The van der Waals surface area contributed by atoms with Gasteiger partial charge < -0.3 is 9.64 Å². The summed E-state index contributed by atoms with van der Waals surface area (Å²) < 4.78 is 5.43. The van der Waals surface area contributed by atoms with E-state index in [1.54, 1.807) is 0 Å². The Morgan fingerprint density at radius 2 is 2.07 bits per heavy atom. The summed E-state index contributed by atoms with van der Waals surface area (Å²) in [5.74, 6) is 1.80. The lowest BCUT2D eigenvalue weighted by Crippen LogP contribution is -2.18. The fraction of sp³-hybridized carbons (Fsp3) is 0.538. The van der Waals surface area contributed by atoms with Crippen LogP contribution in [-0.4, -0.2) is 19.7 Å². The molecule has 1 saturated heterocycles. The molecule has 0 bridgehead atoms. The minimum Gasteiger partial charge on any atom is -0.494 e. The number of anilines is 1. The third-order valence-electron chi connectivity index (χ3n) is 2.94. The van der Waals surface area contributed by atoms with Crippen LogP contribution in [0.5, 0.6) is 5.75 Å². The van der Waals surface area contributed by atoms with Crippen LogP contribution in [0.3, 0.4) is 0 Å². The molecule has 0 N–H and O–H groups in total. The van der Waals surface area contributed by atoms with E-state index in [1.165, 1.54) is 25.2 Å². The minimum absolute atomic E-state index is 0.736. The summed E-state index contributed by atoms with van der Waals surface area (Å²) in [5.41, 5.74) is 1.32. The highest BCUT2D eigenvalue weighted by molar-refractivity contribution is 5.49. The number of nitrogens with zero attached hydrogens (tertiary/aromatic N) is 1. The fourth-order valence-electron chi connectivity index (χ4n) is 2.09. The SMILES string of the molecule is CCOc1ccc(N2CCC(C)C2)cc1. The lowest BCUT2D eigenvalue weighted by molar-refractivity contribution is 0.340.